The standard InChI is InChI=1S/C21H23N3O3/c1-13-6-4-7-14(2)19(13)23-11-18-15(3)17(10-22)20(25)24(21(18)26)12-16-8-5-9-27-16/h4,6-7,11,16,26H,5,8-9,12H2,1-3H3. The van der Waals surface area contributed by atoms with E-state index in [1.54, 1.807) is 6.92 Å². The van der Waals surface area contributed by atoms with Crippen molar-refractivity contribution in [1.29, 1.82) is 5.26 Å². The van der Waals surface area contributed by atoms with Crippen LogP contribution in [-0.2, 0) is 11.3 Å². The average Bonchev–Trinajstić information content (AvgIpc) is 3.14. The zero-order valence-corrected chi connectivity index (χ0v) is 15.8. The molecular weight excluding hydrogens is 342 g/mol. The van der Waals surface area contributed by atoms with Crippen LogP contribution in [0.5, 0.6) is 5.88 Å². The second-order valence-corrected chi connectivity index (χ2v) is 6.90. The van der Waals surface area contributed by atoms with Gasteiger partial charge >= 0.3 is 0 Å². The summed E-state index contributed by atoms with van der Waals surface area (Å²) in [5, 5.41) is 20.2. The molecule has 0 spiro atoms. The van der Waals surface area contributed by atoms with Gasteiger partial charge in [-0.05, 0) is 50.3 Å². The summed E-state index contributed by atoms with van der Waals surface area (Å²) in [6.45, 7) is 6.46. The van der Waals surface area contributed by atoms with Crippen LogP contribution in [-0.4, -0.2) is 28.6 Å². The molecule has 1 fully saturated rings. The Morgan fingerprint density at radius 3 is 2.67 bits per heavy atom. The first-order valence-electron chi connectivity index (χ1n) is 9.02. The highest BCUT2D eigenvalue weighted by atomic mass is 16.5. The van der Waals surface area contributed by atoms with E-state index in [1.807, 2.05) is 38.1 Å². The molecule has 1 aromatic heterocycles. The summed E-state index contributed by atoms with van der Waals surface area (Å²) >= 11 is 0. The van der Waals surface area contributed by atoms with E-state index in [9.17, 15) is 15.2 Å². The fourth-order valence-corrected chi connectivity index (χ4v) is 3.43. The second kappa shape index (κ2) is 7.77. The number of aromatic hydroxyl groups is 1. The number of aryl methyl sites for hydroxylation is 2. The number of rotatable bonds is 4. The van der Waals surface area contributed by atoms with E-state index < -0.39 is 5.56 Å². The molecule has 0 aliphatic carbocycles. The van der Waals surface area contributed by atoms with Crippen LogP contribution in [0.25, 0.3) is 0 Å². The number of nitriles is 1. The van der Waals surface area contributed by atoms with Gasteiger partial charge < -0.3 is 9.84 Å². The van der Waals surface area contributed by atoms with E-state index in [0.717, 1.165) is 29.7 Å². The van der Waals surface area contributed by atoms with Crippen molar-refractivity contribution >= 4 is 11.9 Å². The number of pyridine rings is 1. The van der Waals surface area contributed by atoms with Crippen LogP contribution >= 0.6 is 0 Å². The van der Waals surface area contributed by atoms with Crippen LogP contribution in [0.15, 0.2) is 28.0 Å². The molecule has 1 unspecified atom stereocenters. The number of hydrogen-bond acceptors (Lipinski definition) is 5. The molecule has 3 rings (SSSR count). The fourth-order valence-electron chi connectivity index (χ4n) is 3.43. The topological polar surface area (TPSA) is 87.6 Å². The summed E-state index contributed by atoms with van der Waals surface area (Å²) in [5.74, 6) is -0.179. The molecule has 1 saturated heterocycles. The van der Waals surface area contributed by atoms with Crippen molar-refractivity contribution in [3.8, 4) is 11.9 Å². The number of para-hydroxylation sites is 1. The van der Waals surface area contributed by atoms with Gasteiger partial charge in [0, 0.05) is 12.8 Å². The predicted octanol–water partition coefficient (Wildman–Crippen LogP) is 3.28. The third-order valence-corrected chi connectivity index (χ3v) is 5.02. The maximum absolute atomic E-state index is 12.6. The van der Waals surface area contributed by atoms with Gasteiger partial charge in [-0.25, -0.2) is 0 Å². The van der Waals surface area contributed by atoms with Gasteiger partial charge in [-0.3, -0.25) is 14.4 Å². The van der Waals surface area contributed by atoms with Gasteiger partial charge in [-0.15, -0.1) is 0 Å². The molecule has 6 nitrogen and oxygen atoms in total. The van der Waals surface area contributed by atoms with E-state index >= 15 is 0 Å². The van der Waals surface area contributed by atoms with Crippen molar-refractivity contribution in [1.82, 2.24) is 4.57 Å². The van der Waals surface area contributed by atoms with E-state index in [2.05, 4.69) is 4.99 Å². The molecule has 1 N–H and O–H groups in total. The lowest BCUT2D eigenvalue weighted by Crippen LogP contribution is -2.29. The molecule has 2 heterocycles. The Kier molecular flexibility index (Phi) is 5.43. The van der Waals surface area contributed by atoms with E-state index in [4.69, 9.17) is 4.74 Å². The normalized spacial score (nSPS) is 16.7. The van der Waals surface area contributed by atoms with Gasteiger partial charge in [0.1, 0.15) is 11.6 Å². The Balaban J connectivity index is 2.10. The Labute approximate surface area is 158 Å². The summed E-state index contributed by atoms with van der Waals surface area (Å²) in [4.78, 5) is 17.2. The van der Waals surface area contributed by atoms with Crippen LogP contribution in [0.4, 0.5) is 5.69 Å². The Morgan fingerprint density at radius 1 is 1.37 bits per heavy atom. The lowest BCUT2D eigenvalue weighted by Gasteiger charge is -2.17. The van der Waals surface area contributed by atoms with Crippen LogP contribution in [0.3, 0.4) is 0 Å². The van der Waals surface area contributed by atoms with E-state index in [1.165, 1.54) is 10.8 Å². The van der Waals surface area contributed by atoms with Crippen molar-refractivity contribution in [3.63, 3.8) is 0 Å². The molecule has 0 radical (unpaired) electrons. The number of nitrogens with zero attached hydrogens (tertiary/aromatic N) is 3. The molecule has 1 aliphatic heterocycles. The first kappa shape index (κ1) is 18.9. The largest absolute Gasteiger partial charge is 0.494 e. The Morgan fingerprint density at radius 2 is 2.07 bits per heavy atom. The maximum Gasteiger partial charge on any atom is 0.271 e. The molecule has 2 aromatic rings. The minimum Gasteiger partial charge on any atom is -0.494 e. The van der Waals surface area contributed by atoms with Gasteiger partial charge in [0.15, 0.2) is 0 Å². The zero-order chi connectivity index (χ0) is 19.6. The summed E-state index contributed by atoms with van der Waals surface area (Å²) < 4.78 is 6.81. The molecule has 1 aliphatic rings. The van der Waals surface area contributed by atoms with Gasteiger partial charge in [0.25, 0.3) is 5.56 Å². The maximum atomic E-state index is 12.6. The molecule has 0 bridgehead atoms. The number of aromatic nitrogens is 1. The molecule has 27 heavy (non-hydrogen) atoms. The molecule has 1 aromatic carbocycles. The third-order valence-electron chi connectivity index (χ3n) is 5.02. The summed E-state index contributed by atoms with van der Waals surface area (Å²) in [7, 11) is 0. The van der Waals surface area contributed by atoms with Crippen molar-refractivity contribution in [2.24, 2.45) is 4.99 Å². The molecule has 1 atom stereocenters. The third kappa shape index (κ3) is 3.64. The van der Waals surface area contributed by atoms with Crippen LogP contribution in [0.2, 0.25) is 0 Å². The SMILES string of the molecule is Cc1cccc(C)c1N=Cc1c(C)c(C#N)c(=O)n(CC2CCCO2)c1O. The minimum absolute atomic E-state index is 0.0220. The quantitative estimate of drug-likeness (QED) is 0.842. The minimum atomic E-state index is -0.493. The molecule has 0 saturated carbocycles. The number of hydrogen-bond donors (Lipinski definition) is 1. The van der Waals surface area contributed by atoms with Crippen LogP contribution in [0, 0.1) is 32.1 Å². The summed E-state index contributed by atoms with van der Waals surface area (Å²) in [5.41, 5.74) is 3.17. The average molecular weight is 365 g/mol. The first-order chi connectivity index (χ1) is 12.9. The number of benzene rings is 1. The lowest BCUT2D eigenvalue weighted by atomic mass is 10.1. The Hall–Kier alpha value is -2.91. The van der Waals surface area contributed by atoms with Gasteiger partial charge in [0.2, 0.25) is 5.88 Å². The van der Waals surface area contributed by atoms with Crippen molar-refractivity contribution in [3.05, 3.63) is 56.4 Å². The predicted molar refractivity (Wildman–Crippen MR) is 104 cm³/mol. The highest BCUT2D eigenvalue weighted by Gasteiger charge is 2.23. The Bertz CT molecular complexity index is 973. The lowest BCUT2D eigenvalue weighted by molar-refractivity contribution is 0.0938. The summed E-state index contributed by atoms with van der Waals surface area (Å²) in [6, 6.07) is 7.86. The van der Waals surface area contributed by atoms with Gasteiger partial charge in [0.05, 0.1) is 23.9 Å². The molecule has 140 valence electrons. The first-order valence-corrected chi connectivity index (χ1v) is 9.02. The van der Waals surface area contributed by atoms with Gasteiger partial charge in [-0.2, -0.15) is 5.26 Å². The highest BCUT2D eigenvalue weighted by Crippen LogP contribution is 2.26. The monoisotopic (exact) mass is 365 g/mol. The van der Waals surface area contributed by atoms with Crippen molar-refractivity contribution in [2.75, 3.05) is 6.61 Å². The smallest absolute Gasteiger partial charge is 0.271 e. The zero-order valence-electron chi connectivity index (χ0n) is 15.8. The van der Waals surface area contributed by atoms with Crippen molar-refractivity contribution < 1.29 is 9.84 Å². The van der Waals surface area contributed by atoms with E-state index in [-0.39, 0.29) is 24.1 Å². The van der Waals surface area contributed by atoms with Crippen molar-refractivity contribution in [2.45, 2.75) is 46.3 Å². The highest BCUT2D eigenvalue weighted by molar-refractivity contribution is 5.88. The number of aliphatic imine (C=N–C) groups is 1. The summed E-state index contributed by atoms with van der Waals surface area (Å²) in [6.07, 6.45) is 3.16. The molecule has 0 amide bonds. The van der Waals surface area contributed by atoms with E-state index in [0.29, 0.717) is 17.7 Å². The molecular formula is C21H23N3O3. The van der Waals surface area contributed by atoms with Crippen LogP contribution in [0.1, 0.15) is 40.7 Å². The van der Waals surface area contributed by atoms with Gasteiger partial charge in [-0.1, -0.05) is 18.2 Å². The fraction of sp³-hybridized carbons (Fsp3) is 0.381. The molecule has 6 heteroatoms. The van der Waals surface area contributed by atoms with Crippen LogP contribution < -0.4 is 5.56 Å². The number of ether oxygens (including phenoxy) is 1. The second-order valence-electron chi connectivity index (χ2n) is 6.90.